The standard InChI is InChI=1S/C16H21NS/c1-13-11-18-12-15(13)16(17-2)10-6-9-14-7-4-3-5-8-14/h3-5,7-8,11-12,16-17H,6,9-10H2,1-2H3. The van der Waals surface area contributed by atoms with Crippen molar-refractivity contribution in [2.24, 2.45) is 0 Å². The fourth-order valence-electron chi connectivity index (χ4n) is 2.34. The number of benzene rings is 1. The first-order valence-corrected chi connectivity index (χ1v) is 7.49. The number of hydrogen-bond donors (Lipinski definition) is 1. The van der Waals surface area contributed by atoms with Gasteiger partial charge in [0.1, 0.15) is 0 Å². The Bertz CT molecular complexity index is 461. The maximum atomic E-state index is 3.44. The van der Waals surface area contributed by atoms with Crippen molar-refractivity contribution in [2.75, 3.05) is 7.05 Å². The Morgan fingerprint density at radius 3 is 2.56 bits per heavy atom. The van der Waals surface area contributed by atoms with E-state index in [0.29, 0.717) is 6.04 Å². The van der Waals surface area contributed by atoms with Crippen molar-refractivity contribution in [1.82, 2.24) is 5.32 Å². The lowest BCUT2D eigenvalue weighted by Gasteiger charge is -2.16. The molecule has 0 aliphatic heterocycles. The molecule has 18 heavy (non-hydrogen) atoms. The van der Waals surface area contributed by atoms with Crippen LogP contribution in [0.3, 0.4) is 0 Å². The molecule has 0 saturated heterocycles. The summed E-state index contributed by atoms with van der Waals surface area (Å²) in [4.78, 5) is 0. The zero-order valence-electron chi connectivity index (χ0n) is 11.1. The van der Waals surface area contributed by atoms with Gasteiger partial charge in [-0.25, -0.2) is 0 Å². The van der Waals surface area contributed by atoms with Crippen molar-refractivity contribution in [3.63, 3.8) is 0 Å². The van der Waals surface area contributed by atoms with Crippen molar-refractivity contribution in [2.45, 2.75) is 32.2 Å². The highest BCUT2D eigenvalue weighted by atomic mass is 32.1. The maximum Gasteiger partial charge on any atom is 0.0328 e. The third-order valence-electron chi connectivity index (χ3n) is 3.42. The van der Waals surface area contributed by atoms with Crippen molar-refractivity contribution < 1.29 is 0 Å². The molecule has 1 N–H and O–H groups in total. The van der Waals surface area contributed by atoms with E-state index in [-0.39, 0.29) is 0 Å². The molecule has 0 aliphatic rings. The number of rotatable bonds is 6. The Morgan fingerprint density at radius 2 is 1.94 bits per heavy atom. The van der Waals surface area contributed by atoms with E-state index in [2.05, 4.69) is 60.4 Å². The summed E-state index contributed by atoms with van der Waals surface area (Å²) < 4.78 is 0. The van der Waals surface area contributed by atoms with E-state index in [1.54, 1.807) is 11.3 Å². The highest BCUT2D eigenvalue weighted by molar-refractivity contribution is 7.08. The van der Waals surface area contributed by atoms with Gasteiger partial charge >= 0.3 is 0 Å². The van der Waals surface area contributed by atoms with E-state index in [1.165, 1.54) is 36.0 Å². The summed E-state index contributed by atoms with van der Waals surface area (Å²) in [6, 6.07) is 11.2. The highest BCUT2D eigenvalue weighted by Gasteiger charge is 2.11. The summed E-state index contributed by atoms with van der Waals surface area (Å²) in [6.07, 6.45) is 3.59. The van der Waals surface area contributed by atoms with Crippen LogP contribution in [-0.2, 0) is 6.42 Å². The normalized spacial score (nSPS) is 12.6. The van der Waals surface area contributed by atoms with Gasteiger partial charge in [-0.15, -0.1) is 0 Å². The zero-order valence-corrected chi connectivity index (χ0v) is 12.0. The number of hydrogen-bond acceptors (Lipinski definition) is 2. The summed E-state index contributed by atoms with van der Waals surface area (Å²) in [5, 5.41) is 7.95. The van der Waals surface area contributed by atoms with Crippen LogP contribution in [0.4, 0.5) is 0 Å². The Morgan fingerprint density at radius 1 is 1.17 bits per heavy atom. The molecule has 0 bridgehead atoms. The zero-order chi connectivity index (χ0) is 12.8. The van der Waals surface area contributed by atoms with Crippen LogP contribution < -0.4 is 5.32 Å². The van der Waals surface area contributed by atoms with Gasteiger partial charge in [-0.1, -0.05) is 30.3 Å². The van der Waals surface area contributed by atoms with Crippen LogP contribution in [0.15, 0.2) is 41.1 Å². The predicted octanol–water partition coefficient (Wildman–Crippen LogP) is 4.34. The first kappa shape index (κ1) is 13.3. The topological polar surface area (TPSA) is 12.0 Å². The molecule has 1 atom stereocenters. The first-order chi connectivity index (χ1) is 8.81. The molecule has 0 saturated carbocycles. The van der Waals surface area contributed by atoms with Crippen molar-refractivity contribution in [3.05, 3.63) is 57.8 Å². The van der Waals surface area contributed by atoms with Crippen LogP contribution in [0.25, 0.3) is 0 Å². The molecule has 1 heterocycles. The first-order valence-electron chi connectivity index (χ1n) is 6.55. The molecule has 0 fully saturated rings. The second kappa shape index (κ2) is 6.72. The lowest BCUT2D eigenvalue weighted by molar-refractivity contribution is 0.526. The van der Waals surface area contributed by atoms with E-state index >= 15 is 0 Å². The van der Waals surface area contributed by atoms with Gasteiger partial charge in [0, 0.05) is 6.04 Å². The molecule has 2 heteroatoms. The molecule has 2 rings (SSSR count). The largest absolute Gasteiger partial charge is 0.313 e. The van der Waals surface area contributed by atoms with Crippen LogP contribution in [-0.4, -0.2) is 7.05 Å². The van der Waals surface area contributed by atoms with Crippen LogP contribution in [0, 0.1) is 6.92 Å². The molecule has 1 aromatic heterocycles. The van der Waals surface area contributed by atoms with Crippen molar-refractivity contribution in [3.8, 4) is 0 Å². The Kier molecular flexibility index (Phi) is 4.97. The van der Waals surface area contributed by atoms with Gasteiger partial charge < -0.3 is 5.32 Å². The lowest BCUT2D eigenvalue weighted by Crippen LogP contribution is -2.16. The summed E-state index contributed by atoms with van der Waals surface area (Å²) in [7, 11) is 2.06. The lowest BCUT2D eigenvalue weighted by atomic mass is 9.99. The van der Waals surface area contributed by atoms with Crippen LogP contribution in [0.1, 0.15) is 35.6 Å². The molecular formula is C16H21NS. The van der Waals surface area contributed by atoms with Crippen molar-refractivity contribution in [1.29, 1.82) is 0 Å². The predicted molar refractivity (Wildman–Crippen MR) is 80.2 cm³/mol. The molecule has 0 spiro atoms. The van der Waals surface area contributed by atoms with Gasteiger partial charge in [0.05, 0.1) is 0 Å². The third-order valence-corrected chi connectivity index (χ3v) is 4.30. The minimum Gasteiger partial charge on any atom is -0.313 e. The van der Waals surface area contributed by atoms with Gasteiger partial charge in [0.2, 0.25) is 0 Å². The molecule has 2 aromatic rings. The van der Waals surface area contributed by atoms with Gasteiger partial charge in [-0.05, 0) is 60.7 Å². The highest BCUT2D eigenvalue weighted by Crippen LogP contribution is 2.25. The molecule has 96 valence electrons. The Labute approximate surface area is 114 Å². The molecule has 0 aliphatic carbocycles. The molecule has 1 aromatic carbocycles. The summed E-state index contributed by atoms with van der Waals surface area (Å²) in [5.74, 6) is 0. The minimum atomic E-state index is 0.500. The fourth-order valence-corrected chi connectivity index (χ4v) is 3.24. The molecule has 1 nitrogen and oxygen atoms in total. The molecule has 0 radical (unpaired) electrons. The molecular weight excluding hydrogens is 238 g/mol. The number of thiophene rings is 1. The minimum absolute atomic E-state index is 0.500. The fraction of sp³-hybridized carbons (Fsp3) is 0.375. The maximum absolute atomic E-state index is 3.44. The number of nitrogens with one attached hydrogen (secondary N) is 1. The SMILES string of the molecule is CNC(CCCc1ccccc1)c1cscc1C. The van der Waals surface area contributed by atoms with Gasteiger partial charge in [0.25, 0.3) is 0 Å². The van der Waals surface area contributed by atoms with Crippen LogP contribution >= 0.6 is 11.3 Å². The van der Waals surface area contributed by atoms with E-state index in [4.69, 9.17) is 0 Å². The monoisotopic (exact) mass is 259 g/mol. The summed E-state index contributed by atoms with van der Waals surface area (Å²) in [6.45, 7) is 2.20. The smallest absolute Gasteiger partial charge is 0.0328 e. The third kappa shape index (κ3) is 3.44. The summed E-state index contributed by atoms with van der Waals surface area (Å²) >= 11 is 1.80. The second-order valence-electron chi connectivity index (χ2n) is 4.73. The molecule has 1 unspecified atom stereocenters. The second-order valence-corrected chi connectivity index (χ2v) is 5.47. The van der Waals surface area contributed by atoms with Crippen LogP contribution in [0.2, 0.25) is 0 Å². The number of aryl methyl sites for hydroxylation is 2. The van der Waals surface area contributed by atoms with E-state index < -0.39 is 0 Å². The molecule has 0 amide bonds. The van der Waals surface area contributed by atoms with E-state index in [0.717, 1.165) is 0 Å². The van der Waals surface area contributed by atoms with E-state index in [1.807, 2.05) is 0 Å². The average Bonchev–Trinajstić information content (AvgIpc) is 2.82. The summed E-state index contributed by atoms with van der Waals surface area (Å²) in [5.41, 5.74) is 4.32. The van der Waals surface area contributed by atoms with Gasteiger partial charge in [-0.3, -0.25) is 0 Å². The Balaban J connectivity index is 1.87. The van der Waals surface area contributed by atoms with Gasteiger partial charge in [-0.2, -0.15) is 11.3 Å². The average molecular weight is 259 g/mol. The van der Waals surface area contributed by atoms with E-state index in [9.17, 15) is 0 Å². The van der Waals surface area contributed by atoms with Crippen molar-refractivity contribution >= 4 is 11.3 Å². The quantitative estimate of drug-likeness (QED) is 0.813. The van der Waals surface area contributed by atoms with Gasteiger partial charge in [0.15, 0.2) is 0 Å². The Hall–Kier alpha value is -1.12. The van der Waals surface area contributed by atoms with Crippen LogP contribution in [0.5, 0.6) is 0 Å².